The quantitative estimate of drug-likeness (QED) is 0.766. The molecule has 2 nitrogen and oxygen atoms in total. The third-order valence-electron chi connectivity index (χ3n) is 2.02. The molecule has 1 amide bonds. The van der Waals surface area contributed by atoms with E-state index in [9.17, 15) is 4.79 Å². The molecule has 1 aromatic carbocycles. The van der Waals surface area contributed by atoms with Gasteiger partial charge in [0.15, 0.2) is 0 Å². The van der Waals surface area contributed by atoms with Gasteiger partial charge in [-0.15, -0.1) is 11.6 Å². The summed E-state index contributed by atoms with van der Waals surface area (Å²) in [5.41, 5.74) is 1.98. The van der Waals surface area contributed by atoms with E-state index in [2.05, 4.69) is 12.2 Å². The van der Waals surface area contributed by atoms with E-state index in [4.69, 9.17) is 11.6 Å². The molecule has 0 aliphatic rings. The molecule has 0 heterocycles. The van der Waals surface area contributed by atoms with E-state index in [1.807, 2.05) is 24.3 Å². The largest absolute Gasteiger partial charge is 0.325 e. The summed E-state index contributed by atoms with van der Waals surface area (Å²) in [6, 6.07) is 7.73. The Labute approximate surface area is 89.3 Å². The van der Waals surface area contributed by atoms with Crippen molar-refractivity contribution < 1.29 is 4.79 Å². The van der Waals surface area contributed by atoms with Gasteiger partial charge in [-0.05, 0) is 25.0 Å². The molecule has 1 atom stereocenters. The van der Waals surface area contributed by atoms with E-state index in [-0.39, 0.29) is 5.91 Å². The Morgan fingerprint density at radius 3 is 2.71 bits per heavy atom. The lowest BCUT2D eigenvalue weighted by atomic mass is 10.1. The van der Waals surface area contributed by atoms with E-state index in [1.165, 1.54) is 0 Å². The highest BCUT2D eigenvalue weighted by Crippen LogP contribution is 2.16. The van der Waals surface area contributed by atoms with Gasteiger partial charge in [-0.3, -0.25) is 4.79 Å². The van der Waals surface area contributed by atoms with Crippen molar-refractivity contribution in [1.82, 2.24) is 0 Å². The molecule has 0 aliphatic carbocycles. The van der Waals surface area contributed by atoms with Crippen molar-refractivity contribution in [2.45, 2.75) is 25.6 Å². The average molecular weight is 212 g/mol. The van der Waals surface area contributed by atoms with E-state index < -0.39 is 5.38 Å². The molecule has 0 fully saturated rings. The van der Waals surface area contributed by atoms with Crippen LogP contribution in [0.2, 0.25) is 0 Å². The monoisotopic (exact) mass is 211 g/mol. The van der Waals surface area contributed by atoms with Gasteiger partial charge in [0.2, 0.25) is 5.91 Å². The molecule has 1 rings (SSSR count). The van der Waals surface area contributed by atoms with Crippen molar-refractivity contribution in [2.75, 3.05) is 5.32 Å². The van der Waals surface area contributed by atoms with E-state index in [0.717, 1.165) is 17.7 Å². The summed E-state index contributed by atoms with van der Waals surface area (Å²) in [6.45, 7) is 3.71. The number of para-hydroxylation sites is 1. The highest BCUT2D eigenvalue weighted by Gasteiger charge is 2.10. The van der Waals surface area contributed by atoms with Crippen molar-refractivity contribution in [3.8, 4) is 0 Å². The normalized spacial score (nSPS) is 12.2. The summed E-state index contributed by atoms with van der Waals surface area (Å²) in [6.07, 6.45) is 0.896. The van der Waals surface area contributed by atoms with Gasteiger partial charge in [-0.2, -0.15) is 0 Å². The first kappa shape index (κ1) is 11.1. The Morgan fingerprint density at radius 2 is 2.14 bits per heavy atom. The zero-order valence-corrected chi connectivity index (χ0v) is 9.14. The smallest absolute Gasteiger partial charge is 0.242 e. The number of nitrogens with one attached hydrogen (secondary N) is 1. The Kier molecular flexibility index (Phi) is 3.96. The lowest BCUT2D eigenvalue weighted by Crippen LogP contribution is -2.20. The van der Waals surface area contributed by atoms with Crippen LogP contribution < -0.4 is 5.32 Å². The second-order valence-electron chi connectivity index (χ2n) is 3.12. The summed E-state index contributed by atoms with van der Waals surface area (Å²) in [7, 11) is 0. The van der Waals surface area contributed by atoms with Crippen LogP contribution in [0.1, 0.15) is 19.4 Å². The number of benzene rings is 1. The predicted molar refractivity (Wildman–Crippen MR) is 59.8 cm³/mol. The minimum atomic E-state index is -0.500. The number of aryl methyl sites for hydroxylation is 1. The average Bonchev–Trinajstić information content (AvgIpc) is 2.18. The van der Waals surface area contributed by atoms with Crippen LogP contribution >= 0.6 is 11.6 Å². The van der Waals surface area contributed by atoms with Crippen molar-refractivity contribution in [3.05, 3.63) is 29.8 Å². The second-order valence-corrected chi connectivity index (χ2v) is 3.77. The maximum absolute atomic E-state index is 11.3. The van der Waals surface area contributed by atoms with Crippen LogP contribution in [0.5, 0.6) is 0 Å². The maximum Gasteiger partial charge on any atom is 0.242 e. The molecule has 0 saturated carbocycles. The number of carbonyl (C=O) groups excluding carboxylic acids is 1. The molecule has 76 valence electrons. The summed E-state index contributed by atoms with van der Waals surface area (Å²) in [4.78, 5) is 11.3. The topological polar surface area (TPSA) is 29.1 Å². The molecule has 0 saturated heterocycles. The molecule has 0 spiro atoms. The number of anilines is 1. The highest BCUT2D eigenvalue weighted by atomic mass is 35.5. The van der Waals surface area contributed by atoms with Crippen LogP contribution in [-0.2, 0) is 11.2 Å². The minimum Gasteiger partial charge on any atom is -0.325 e. The fraction of sp³-hybridized carbons (Fsp3) is 0.364. The van der Waals surface area contributed by atoms with E-state index >= 15 is 0 Å². The van der Waals surface area contributed by atoms with Gasteiger partial charge in [-0.1, -0.05) is 25.1 Å². The molecule has 3 heteroatoms. The van der Waals surface area contributed by atoms with Crippen molar-refractivity contribution in [3.63, 3.8) is 0 Å². The number of carbonyl (C=O) groups is 1. The molecule has 14 heavy (non-hydrogen) atoms. The lowest BCUT2D eigenvalue weighted by molar-refractivity contribution is -0.115. The Balaban J connectivity index is 2.80. The van der Waals surface area contributed by atoms with Crippen molar-refractivity contribution >= 4 is 23.2 Å². The number of amides is 1. The Hall–Kier alpha value is -1.02. The summed E-state index contributed by atoms with van der Waals surface area (Å²) in [5, 5.41) is 2.29. The summed E-state index contributed by atoms with van der Waals surface area (Å²) >= 11 is 5.66. The Morgan fingerprint density at radius 1 is 1.50 bits per heavy atom. The molecule has 0 bridgehead atoms. The first-order chi connectivity index (χ1) is 6.65. The lowest BCUT2D eigenvalue weighted by Gasteiger charge is -2.10. The molecular formula is C11H14ClNO. The third-order valence-corrected chi connectivity index (χ3v) is 2.22. The number of rotatable bonds is 3. The first-order valence-corrected chi connectivity index (χ1v) is 5.11. The Bertz CT molecular complexity index is 323. The van der Waals surface area contributed by atoms with Gasteiger partial charge in [0.25, 0.3) is 0 Å². The number of hydrogen-bond acceptors (Lipinski definition) is 1. The van der Waals surface area contributed by atoms with Crippen molar-refractivity contribution in [1.29, 1.82) is 0 Å². The zero-order chi connectivity index (χ0) is 10.6. The highest BCUT2D eigenvalue weighted by molar-refractivity contribution is 6.32. The van der Waals surface area contributed by atoms with Gasteiger partial charge >= 0.3 is 0 Å². The molecule has 1 aromatic rings. The minimum absolute atomic E-state index is 0.160. The van der Waals surface area contributed by atoms with Crippen LogP contribution in [0.25, 0.3) is 0 Å². The molecule has 0 aliphatic heterocycles. The van der Waals surface area contributed by atoms with Gasteiger partial charge in [0.05, 0.1) is 0 Å². The number of alkyl halides is 1. The molecule has 1 N–H and O–H groups in total. The molecule has 0 aromatic heterocycles. The van der Waals surface area contributed by atoms with E-state index in [0.29, 0.717) is 0 Å². The fourth-order valence-electron chi connectivity index (χ4n) is 1.18. The third kappa shape index (κ3) is 2.74. The molecule has 0 unspecified atom stereocenters. The van der Waals surface area contributed by atoms with Crippen LogP contribution in [0, 0.1) is 0 Å². The molecular weight excluding hydrogens is 198 g/mol. The standard InChI is InChI=1S/C11H14ClNO/c1-3-9-6-4-5-7-10(9)13-11(14)8(2)12/h4-8H,3H2,1-2H3,(H,13,14)/t8-/m0/s1. The van der Waals surface area contributed by atoms with Crippen LogP contribution in [0.3, 0.4) is 0 Å². The van der Waals surface area contributed by atoms with Gasteiger partial charge < -0.3 is 5.32 Å². The predicted octanol–water partition coefficient (Wildman–Crippen LogP) is 2.81. The van der Waals surface area contributed by atoms with E-state index in [1.54, 1.807) is 6.92 Å². The summed E-state index contributed by atoms with van der Waals surface area (Å²) in [5.74, 6) is -0.160. The van der Waals surface area contributed by atoms with Crippen LogP contribution in [-0.4, -0.2) is 11.3 Å². The van der Waals surface area contributed by atoms with Gasteiger partial charge in [0.1, 0.15) is 5.38 Å². The van der Waals surface area contributed by atoms with Crippen molar-refractivity contribution in [2.24, 2.45) is 0 Å². The molecule has 0 radical (unpaired) electrons. The first-order valence-electron chi connectivity index (χ1n) is 4.68. The van der Waals surface area contributed by atoms with Crippen LogP contribution in [0.4, 0.5) is 5.69 Å². The van der Waals surface area contributed by atoms with Gasteiger partial charge in [-0.25, -0.2) is 0 Å². The maximum atomic E-state index is 11.3. The summed E-state index contributed by atoms with van der Waals surface area (Å²) < 4.78 is 0. The van der Waals surface area contributed by atoms with Crippen LogP contribution in [0.15, 0.2) is 24.3 Å². The fourth-order valence-corrected chi connectivity index (χ4v) is 1.24. The number of hydrogen-bond donors (Lipinski definition) is 1. The van der Waals surface area contributed by atoms with Gasteiger partial charge in [0, 0.05) is 5.69 Å². The number of halogens is 1. The zero-order valence-electron chi connectivity index (χ0n) is 8.38. The second kappa shape index (κ2) is 5.01. The SMILES string of the molecule is CCc1ccccc1NC(=O)[C@H](C)Cl.